The molecule has 0 unspecified atom stereocenters. The first-order valence-corrected chi connectivity index (χ1v) is 12.2. The van der Waals surface area contributed by atoms with E-state index in [0.29, 0.717) is 12.4 Å². The molecule has 0 radical (unpaired) electrons. The molecule has 1 aromatic rings. The van der Waals surface area contributed by atoms with Crippen LogP contribution in [0.5, 0.6) is 5.75 Å². The van der Waals surface area contributed by atoms with Crippen LogP contribution in [0.4, 0.5) is 9.18 Å². The van der Waals surface area contributed by atoms with Crippen molar-refractivity contribution in [2.24, 2.45) is 0 Å². The second-order valence-corrected chi connectivity index (χ2v) is 8.46. The number of carbonyl (C=O) groups is 2. The summed E-state index contributed by atoms with van der Waals surface area (Å²) >= 11 is 0. The molecule has 1 aromatic carbocycles. The minimum atomic E-state index is -0.608. The molecule has 34 heavy (non-hydrogen) atoms. The molecule has 1 aliphatic carbocycles. The molecular formula is C25H39FN2O6. The van der Waals surface area contributed by atoms with Gasteiger partial charge in [0.25, 0.3) is 0 Å². The number of hydrogen-bond acceptors (Lipinski definition) is 7. The second-order valence-electron chi connectivity index (χ2n) is 8.46. The van der Waals surface area contributed by atoms with Gasteiger partial charge >= 0.3 is 12.1 Å². The Morgan fingerprint density at radius 2 is 1.97 bits per heavy atom. The third-order valence-electron chi connectivity index (χ3n) is 5.79. The van der Waals surface area contributed by atoms with E-state index in [1.54, 1.807) is 13.0 Å². The molecule has 9 heteroatoms. The highest BCUT2D eigenvalue weighted by Crippen LogP contribution is 2.28. The molecule has 1 fully saturated rings. The van der Waals surface area contributed by atoms with E-state index in [1.807, 2.05) is 6.07 Å². The Morgan fingerprint density at radius 1 is 1.21 bits per heavy atom. The molecule has 1 saturated carbocycles. The molecule has 192 valence electrons. The summed E-state index contributed by atoms with van der Waals surface area (Å²) in [5, 5.41) is 3.47. The van der Waals surface area contributed by atoms with Gasteiger partial charge < -0.3 is 24.3 Å². The molecule has 1 atom stereocenters. The van der Waals surface area contributed by atoms with Crippen LogP contribution >= 0.6 is 0 Å². The van der Waals surface area contributed by atoms with Gasteiger partial charge in [0.1, 0.15) is 13.3 Å². The van der Waals surface area contributed by atoms with Crippen LogP contribution in [0.25, 0.3) is 0 Å². The number of carbonyl (C=O) groups excluding carboxylic acids is 2. The lowest BCUT2D eigenvalue weighted by atomic mass is 10.1. The average molecular weight is 483 g/mol. The van der Waals surface area contributed by atoms with Crippen molar-refractivity contribution in [3.8, 4) is 5.75 Å². The highest BCUT2D eigenvalue weighted by Gasteiger charge is 2.20. The second kappa shape index (κ2) is 15.5. The van der Waals surface area contributed by atoms with E-state index in [0.717, 1.165) is 57.1 Å². The molecule has 0 saturated heterocycles. The summed E-state index contributed by atoms with van der Waals surface area (Å²) in [6.45, 7) is 5.01. The van der Waals surface area contributed by atoms with Crippen molar-refractivity contribution in [2.75, 3.05) is 40.1 Å². The summed E-state index contributed by atoms with van der Waals surface area (Å²) in [4.78, 5) is 24.5. The number of nitrogens with one attached hydrogen (secondary N) is 1. The van der Waals surface area contributed by atoms with Crippen molar-refractivity contribution in [2.45, 2.75) is 70.9 Å². The number of halogens is 1. The Labute approximate surface area is 202 Å². The van der Waals surface area contributed by atoms with Gasteiger partial charge in [-0.2, -0.15) is 0 Å². The van der Waals surface area contributed by atoms with E-state index in [-0.39, 0.29) is 37.8 Å². The zero-order valence-corrected chi connectivity index (χ0v) is 20.6. The monoisotopic (exact) mass is 482 g/mol. The van der Waals surface area contributed by atoms with Gasteiger partial charge in [-0.15, -0.1) is 0 Å². The summed E-state index contributed by atoms with van der Waals surface area (Å²) in [6, 6.07) is 5.17. The zero-order valence-electron chi connectivity index (χ0n) is 20.6. The van der Waals surface area contributed by atoms with E-state index in [1.165, 1.54) is 18.1 Å². The van der Waals surface area contributed by atoms with Gasteiger partial charge in [0.15, 0.2) is 11.6 Å². The molecule has 2 rings (SSSR count). The number of methoxy groups -OCH3 is 1. The van der Waals surface area contributed by atoms with Crippen molar-refractivity contribution < 1.29 is 32.9 Å². The van der Waals surface area contributed by atoms with Gasteiger partial charge in [-0.25, -0.2) is 9.18 Å². The molecule has 1 N–H and O–H groups in total. The molecule has 0 aliphatic heterocycles. The number of rotatable bonds is 15. The fourth-order valence-corrected chi connectivity index (χ4v) is 3.78. The fraction of sp³-hybridized carbons (Fsp3) is 0.680. The minimum absolute atomic E-state index is 0.0287. The van der Waals surface area contributed by atoms with E-state index in [9.17, 15) is 14.0 Å². The topological polar surface area (TPSA) is 86.3 Å². The SMILES string of the molecule is CCOC(=O)N(COCCCCCN[C@H](C)c1ccc(F)c(OC2CCCC2)c1)CC(=O)OC. The van der Waals surface area contributed by atoms with E-state index in [2.05, 4.69) is 17.0 Å². The van der Waals surface area contributed by atoms with Gasteiger partial charge in [0.2, 0.25) is 0 Å². The van der Waals surface area contributed by atoms with Gasteiger partial charge in [0, 0.05) is 12.6 Å². The van der Waals surface area contributed by atoms with Crippen molar-refractivity contribution in [1.29, 1.82) is 0 Å². The lowest BCUT2D eigenvalue weighted by Crippen LogP contribution is -2.38. The maximum Gasteiger partial charge on any atom is 0.412 e. The first kappa shape index (κ1) is 27.9. The summed E-state index contributed by atoms with van der Waals surface area (Å²) < 4.78 is 35.1. The standard InChI is InChI=1S/C25H39FN2O6/c1-4-33-25(30)28(17-24(29)31-3)18-32-15-9-5-8-14-27-19(2)20-12-13-22(26)23(16-20)34-21-10-6-7-11-21/h12-13,16,19,21,27H,4-11,14-15,17-18H2,1-3H3/t19-/m1/s1. The fourth-order valence-electron chi connectivity index (χ4n) is 3.78. The number of hydrogen-bond donors (Lipinski definition) is 1. The molecule has 8 nitrogen and oxygen atoms in total. The predicted molar refractivity (Wildman–Crippen MR) is 126 cm³/mol. The highest BCUT2D eigenvalue weighted by molar-refractivity contribution is 5.77. The number of ether oxygens (including phenoxy) is 4. The number of nitrogens with zero attached hydrogens (tertiary/aromatic N) is 1. The van der Waals surface area contributed by atoms with Crippen LogP contribution < -0.4 is 10.1 Å². The highest BCUT2D eigenvalue weighted by atomic mass is 19.1. The Balaban J connectivity index is 1.63. The van der Waals surface area contributed by atoms with E-state index < -0.39 is 12.1 Å². The Bertz CT molecular complexity index is 757. The maximum absolute atomic E-state index is 14.1. The lowest BCUT2D eigenvalue weighted by molar-refractivity contribution is -0.142. The Morgan fingerprint density at radius 3 is 2.68 bits per heavy atom. The Kier molecular flexibility index (Phi) is 12.7. The predicted octanol–water partition coefficient (Wildman–Crippen LogP) is 4.57. The lowest BCUT2D eigenvalue weighted by Gasteiger charge is -2.20. The molecule has 0 aromatic heterocycles. The molecule has 1 amide bonds. The van der Waals surface area contributed by atoms with Gasteiger partial charge in [-0.1, -0.05) is 6.07 Å². The maximum atomic E-state index is 14.1. The normalized spacial score (nSPS) is 14.6. The van der Waals surface area contributed by atoms with Crippen molar-refractivity contribution in [3.05, 3.63) is 29.6 Å². The van der Waals surface area contributed by atoms with Gasteiger partial charge in [-0.3, -0.25) is 9.69 Å². The summed E-state index contributed by atoms with van der Waals surface area (Å²) in [6.07, 6.45) is 6.50. The number of unbranched alkanes of at least 4 members (excludes halogenated alkanes) is 2. The van der Waals surface area contributed by atoms with Crippen molar-refractivity contribution in [1.82, 2.24) is 10.2 Å². The van der Waals surface area contributed by atoms with Crippen LogP contribution in [0.2, 0.25) is 0 Å². The zero-order chi connectivity index (χ0) is 24.8. The van der Waals surface area contributed by atoms with Crippen LogP contribution in [-0.4, -0.2) is 63.2 Å². The molecule has 0 bridgehead atoms. The minimum Gasteiger partial charge on any atom is -0.487 e. The van der Waals surface area contributed by atoms with Crippen LogP contribution in [0.1, 0.15) is 70.4 Å². The van der Waals surface area contributed by atoms with Crippen molar-refractivity contribution >= 4 is 12.1 Å². The molecular weight excluding hydrogens is 443 g/mol. The van der Waals surface area contributed by atoms with Crippen molar-refractivity contribution in [3.63, 3.8) is 0 Å². The van der Waals surface area contributed by atoms with E-state index >= 15 is 0 Å². The number of amides is 1. The summed E-state index contributed by atoms with van der Waals surface area (Å²) in [5.74, 6) is -0.495. The quantitative estimate of drug-likeness (QED) is 0.223. The first-order chi connectivity index (χ1) is 16.4. The third-order valence-corrected chi connectivity index (χ3v) is 5.79. The van der Waals surface area contributed by atoms with Crippen LogP contribution in [-0.2, 0) is 19.0 Å². The van der Waals surface area contributed by atoms with E-state index in [4.69, 9.17) is 14.2 Å². The largest absolute Gasteiger partial charge is 0.487 e. The molecule has 0 heterocycles. The van der Waals surface area contributed by atoms with Crippen LogP contribution in [0.15, 0.2) is 18.2 Å². The first-order valence-electron chi connectivity index (χ1n) is 12.2. The van der Waals surface area contributed by atoms with Gasteiger partial charge in [-0.05, 0) is 83.0 Å². The van der Waals surface area contributed by atoms with Crippen LogP contribution in [0.3, 0.4) is 0 Å². The summed E-state index contributed by atoms with van der Waals surface area (Å²) in [7, 11) is 1.26. The molecule has 0 spiro atoms. The smallest absolute Gasteiger partial charge is 0.412 e. The number of benzene rings is 1. The Hall–Kier alpha value is -2.39. The average Bonchev–Trinajstić information content (AvgIpc) is 3.34. The number of esters is 1. The molecule has 1 aliphatic rings. The van der Waals surface area contributed by atoms with Crippen LogP contribution in [0, 0.1) is 5.82 Å². The summed E-state index contributed by atoms with van der Waals surface area (Å²) in [5.41, 5.74) is 1.00. The van der Waals surface area contributed by atoms with Gasteiger partial charge in [0.05, 0.1) is 19.8 Å². The third kappa shape index (κ3) is 9.85.